The molecule has 0 aliphatic rings. The Morgan fingerprint density at radius 3 is 1.38 bits per heavy atom. The van der Waals surface area contributed by atoms with Crippen molar-refractivity contribution in [2.75, 3.05) is 10.4 Å². The molecule has 11 heteroatoms. The third-order valence-corrected chi connectivity index (χ3v) is 5.89. The summed E-state index contributed by atoms with van der Waals surface area (Å²) in [5.41, 5.74) is 1.07. The molecule has 11 nitrogen and oxygen atoms in total. The second kappa shape index (κ2) is 9.23. The molecule has 182 valence electrons. The number of nitro benzene ring substituents is 3. The number of anilines is 3. The summed E-state index contributed by atoms with van der Waals surface area (Å²) in [6, 6.07) is 27.5. The molecule has 0 fully saturated rings. The van der Waals surface area contributed by atoms with Crippen molar-refractivity contribution >= 4 is 55.7 Å². The van der Waals surface area contributed by atoms with Crippen LogP contribution in [-0.4, -0.2) is 14.8 Å². The van der Waals surface area contributed by atoms with Gasteiger partial charge in [0.25, 0.3) is 5.69 Å². The third-order valence-electron chi connectivity index (χ3n) is 5.89. The monoisotopic (exact) mass is 495 g/mol. The molecule has 5 rings (SSSR count). The van der Waals surface area contributed by atoms with Crippen molar-refractivity contribution < 1.29 is 14.8 Å². The normalized spacial score (nSPS) is 10.8. The predicted molar refractivity (Wildman–Crippen MR) is 140 cm³/mol. The van der Waals surface area contributed by atoms with Crippen molar-refractivity contribution in [2.45, 2.75) is 0 Å². The van der Waals surface area contributed by atoms with E-state index < -0.39 is 37.5 Å². The zero-order valence-electron chi connectivity index (χ0n) is 19.0. The van der Waals surface area contributed by atoms with E-state index in [-0.39, 0.29) is 0 Å². The van der Waals surface area contributed by atoms with Gasteiger partial charge in [-0.25, -0.2) is 0 Å². The van der Waals surface area contributed by atoms with E-state index in [0.717, 1.165) is 21.5 Å². The lowest BCUT2D eigenvalue weighted by Crippen LogP contribution is -2.25. The molecule has 0 unspecified atom stereocenters. The summed E-state index contributed by atoms with van der Waals surface area (Å²) >= 11 is 0. The molecule has 0 aromatic heterocycles. The van der Waals surface area contributed by atoms with Crippen molar-refractivity contribution in [3.05, 3.63) is 127 Å². The zero-order valence-corrected chi connectivity index (χ0v) is 19.0. The van der Waals surface area contributed by atoms with E-state index in [4.69, 9.17) is 0 Å². The number of nitrogens with one attached hydrogen (secondary N) is 1. The van der Waals surface area contributed by atoms with Crippen LogP contribution in [0.25, 0.3) is 21.5 Å². The van der Waals surface area contributed by atoms with Gasteiger partial charge in [0.1, 0.15) is 0 Å². The van der Waals surface area contributed by atoms with Gasteiger partial charge < -0.3 is 0 Å². The number of non-ortho nitro benzene ring substituents is 1. The molecule has 0 radical (unpaired) electrons. The van der Waals surface area contributed by atoms with Crippen LogP contribution >= 0.6 is 0 Å². The first-order valence-electron chi connectivity index (χ1n) is 11.0. The predicted octanol–water partition coefficient (Wildman–Crippen LogP) is 6.88. The van der Waals surface area contributed by atoms with E-state index in [9.17, 15) is 30.3 Å². The molecule has 5 aromatic carbocycles. The maximum atomic E-state index is 11.9. The molecule has 5 aromatic rings. The first-order valence-corrected chi connectivity index (χ1v) is 11.0. The maximum Gasteiger partial charge on any atom is 0.308 e. The lowest BCUT2D eigenvalue weighted by atomic mass is 10.1. The fourth-order valence-corrected chi connectivity index (χ4v) is 4.13. The highest BCUT2D eigenvalue weighted by atomic mass is 16.6. The Balaban J connectivity index is 1.73. The number of hydrogen-bond donors (Lipinski definition) is 1. The Hall–Kier alpha value is -5.58. The topological polar surface area (TPSA) is 145 Å². The van der Waals surface area contributed by atoms with Gasteiger partial charge in [-0.3, -0.25) is 40.8 Å². The number of hydrazine groups is 1. The number of hydrogen-bond acceptors (Lipinski definition) is 8. The molecule has 0 atom stereocenters. The van der Waals surface area contributed by atoms with Gasteiger partial charge in [-0.1, -0.05) is 60.7 Å². The highest BCUT2D eigenvalue weighted by Crippen LogP contribution is 2.41. The average molecular weight is 495 g/mol. The Bertz CT molecular complexity index is 1610. The summed E-state index contributed by atoms with van der Waals surface area (Å²) < 4.78 is 0. The smallest absolute Gasteiger partial charge is 0.282 e. The lowest BCUT2D eigenvalue weighted by Gasteiger charge is -2.27. The fourth-order valence-electron chi connectivity index (χ4n) is 4.13. The minimum atomic E-state index is -0.909. The van der Waals surface area contributed by atoms with E-state index in [1.165, 1.54) is 5.01 Å². The van der Waals surface area contributed by atoms with Crippen LogP contribution in [0.1, 0.15) is 0 Å². The molecular weight excluding hydrogens is 478 g/mol. The Morgan fingerprint density at radius 1 is 0.541 bits per heavy atom. The first kappa shape index (κ1) is 23.2. The Labute approximate surface area is 208 Å². The van der Waals surface area contributed by atoms with E-state index in [0.29, 0.717) is 23.5 Å². The van der Waals surface area contributed by atoms with Gasteiger partial charge in [0.15, 0.2) is 0 Å². The molecule has 0 bridgehead atoms. The van der Waals surface area contributed by atoms with Gasteiger partial charge >= 0.3 is 11.4 Å². The van der Waals surface area contributed by atoms with Crippen LogP contribution in [0.5, 0.6) is 0 Å². The van der Waals surface area contributed by atoms with Crippen LogP contribution in [0.3, 0.4) is 0 Å². The average Bonchev–Trinajstić information content (AvgIpc) is 2.90. The molecule has 0 saturated carbocycles. The standard InChI is InChI=1S/C26H17N5O6/c32-29(33)23-15-24(30(34)35)26(25(16-23)31(36)37)27-28(21-11-9-17-5-1-3-7-19(17)13-21)22-12-10-18-6-2-4-8-20(18)14-22/h1-16,27H. The second-order valence-corrected chi connectivity index (χ2v) is 8.14. The summed E-state index contributed by atoms with van der Waals surface area (Å²) in [6.07, 6.45) is 0. The van der Waals surface area contributed by atoms with E-state index in [2.05, 4.69) is 5.43 Å². The zero-order chi connectivity index (χ0) is 26.1. The van der Waals surface area contributed by atoms with E-state index in [1.54, 1.807) is 12.1 Å². The summed E-state index contributed by atoms with van der Waals surface area (Å²) in [5.74, 6) is 0. The first-order chi connectivity index (χ1) is 17.8. The largest absolute Gasteiger partial charge is 0.308 e. The lowest BCUT2D eigenvalue weighted by molar-refractivity contribution is -0.401. The Kier molecular flexibility index (Phi) is 5.78. The minimum absolute atomic E-state index is 0.484. The molecule has 37 heavy (non-hydrogen) atoms. The molecular formula is C26H17N5O6. The van der Waals surface area contributed by atoms with Crippen LogP contribution in [-0.2, 0) is 0 Å². The second-order valence-electron chi connectivity index (χ2n) is 8.14. The van der Waals surface area contributed by atoms with Crippen molar-refractivity contribution in [1.29, 1.82) is 0 Å². The van der Waals surface area contributed by atoms with Gasteiger partial charge in [0.2, 0.25) is 5.69 Å². The SMILES string of the molecule is O=[N+]([O-])c1cc([N+](=O)[O-])c(NN(c2ccc3ccccc3c2)c2ccc3ccccc3c2)c([N+](=O)[O-])c1. The summed E-state index contributed by atoms with van der Waals surface area (Å²) in [4.78, 5) is 32.4. The summed E-state index contributed by atoms with van der Waals surface area (Å²) in [7, 11) is 0. The van der Waals surface area contributed by atoms with Crippen molar-refractivity contribution in [3.8, 4) is 0 Å². The molecule has 0 spiro atoms. The number of nitro groups is 3. The highest BCUT2D eigenvalue weighted by molar-refractivity contribution is 5.91. The number of rotatable bonds is 7. The number of nitrogens with zero attached hydrogens (tertiary/aromatic N) is 4. The summed E-state index contributed by atoms with van der Waals surface area (Å²) in [6.45, 7) is 0. The van der Waals surface area contributed by atoms with Crippen LogP contribution in [0, 0.1) is 30.3 Å². The van der Waals surface area contributed by atoms with Gasteiger partial charge in [0.05, 0.1) is 38.3 Å². The van der Waals surface area contributed by atoms with Gasteiger partial charge in [-0.15, -0.1) is 0 Å². The van der Waals surface area contributed by atoms with Gasteiger partial charge in [-0.05, 0) is 45.8 Å². The van der Waals surface area contributed by atoms with Crippen LogP contribution in [0.15, 0.2) is 97.1 Å². The highest BCUT2D eigenvalue weighted by Gasteiger charge is 2.32. The van der Waals surface area contributed by atoms with Gasteiger partial charge in [-0.2, -0.15) is 0 Å². The third kappa shape index (κ3) is 4.44. The quantitative estimate of drug-likeness (QED) is 0.190. The van der Waals surface area contributed by atoms with Crippen LogP contribution < -0.4 is 10.4 Å². The van der Waals surface area contributed by atoms with Gasteiger partial charge in [0, 0.05) is 0 Å². The van der Waals surface area contributed by atoms with Crippen molar-refractivity contribution in [2.24, 2.45) is 0 Å². The number of fused-ring (bicyclic) bond motifs is 2. The Morgan fingerprint density at radius 2 is 0.973 bits per heavy atom. The molecule has 0 aliphatic heterocycles. The molecule has 0 amide bonds. The van der Waals surface area contributed by atoms with E-state index >= 15 is 0 Å². The van der Waals surface area contributed by atoms with Crippen molar-refractivity contribution in [1.82, 2.24) is 0 Å². The fraction of sp³-hybridized carbons (Fsp3) is 0. The van der Waals surface area contributed by atoms with Crippen LogP contribution in [0.4, 0.5) is 34.1 Å². The molecule has 1 N–H and O–H groups in total. The molecule has 0 saturated heterocycles. The summed E-state index contributed by atoms with van der Waals surface area (Å²) in [5, 5.41) is 40.2. The van der Waals surface area contributed by atoms with Crippen molar-refractivity contribution in [3.63, 3.8) is 0 Å². The van der Waals surface area contributed by atoms with Crippen LogP contribution in [0.2, 0.25) is 0 Å². The minimum Gasteiger partial charge on any atom is -0.282 e. The van der Waals surface area contributed by atoms with E-state index in [1.807, 2.05) is 72.8 Å². The maximum absolute atomic E-state index is 11.9. The molecule has 0 aliphatic carbocycles. The number of benzene rings is 5. The molecule has 0 heterocycles.